The van der Waals surface area contributed by atoms with E-state index in [1.165, 1.54) is 0 Å². The third kappa shape index (κ3) is 1.05. The van der Waals surface area contributed by atoms with Crippen molar-refractivity contribution in [2.24, 2.45) is 5.92 Å². The van der Waals surface area contributed by atoms with E-state index in [2.05, 4.69) is 0 Å². The fraction of sp³-hybridized carbons (Fsp3) is 1.00. The second-order valence-electron chi connectivity index (χ2n) is 5.72. The molecule has 0 aliphatic heterocycles. The van der Waals surface area contributed by atoms with Gasteiger partial charge in [0.1, 0.15) is 0 Å². The Morgan fingerprint density at radius 2 is 1.27 bits per heavy atom. The van der Waals surface area contributed by atoms with Crippen LogP contribution in [-0.2, 0) is 0 Å². The zero-order valence-electron chi connectivity index (χ0n) is 8.30. The molecule has 4 atom stereocenters. The maximum atomic E-state index is 10.1. The Labute approximate surface area is 87.0 Å². The molecular formula is C10H16O5. The Morgan fingerprint density at radius 3 is 1.73 bits per heavy atom. The van der Waals surface area contributed by atoms with Crippen molar-refractivity contribution in [2.75, 3.05) is 0 Å². The normalized spacial score (nSPS) is 67.4. The smallest absolute Gasteiger partial charge is 0.0964 e. The summed E-state index contributed by atoms with van der Waals surface area (Å²) in [5.41, 5.74) is -4.02. The van der Waals surface area contributed by atoms with Crippen molar-refractivity contribution >= 4 is 0 Å². The van der Waals surface area contributed by atoms with Crippen molar-refractivity contribution in [1.29, 1.82) is 0 Å². The summed E-state index contributed by atoms with van der Waals surface area (Å²) in [6, 6.07) is 0. The lowest BCUT2D eigenvalue weighted by Crippen LogP contribution is -2.77. The van der Waals surface area contributed by atoms with E-state index in [1.54, 1.807) is 0 Å². The fourth-order valence-electron chi connectivity index (χ4n) is 4.05. The van der Waals surface area contributed by atoms with E-state index in [-0.39, 0.29) is 25.7 Å². The summed E-state index contributed by atoms with van der Waals surface area (Å²) >= 11 is 0. The Balaban J connectivity index is 2.09. The van der Waals surface area contributed by atoms with Crippen LogP contribution in [0.1, 0.15) is 25.7 Å². The summed E-state index contributed by atoms with van der Waals surface area (Å²) in [6.07, 6.45) is -1.72. The molecule has 15 heavy (non-hydrogen) atoms. The first kappa shape index (κ1) is 9.99. The van der Waals surface area contributed by atoms with Crippen molar-refractivity contribution in [3.63, 3.8) is 0 Å². The minimum atomic E-state index is -1.44. The summed E-state index contributed by atoms with van der Waals surface area (Å²) < 4.78 is 0. The molecular weight excluding hydrogens is 200 g/mol. The predicted molar refractivity (Wildman–Crippen MR) is 48.8 cm³/mol. The summed E-state index contributed by atoms with van der Waals surface area (Å²) in [5, 5.41) is 50.1. The Hall–Kier alpha value is -0.200. The molecule has 4 bridgehead atoms. The Kier molecular flexibility index (Phi) is 1.59. The number of aliphatic hydroxyl groups excluding tert-OH is 2. The maximum Gasteiger partial charge on any atom is 0.0964 e. The minimum Gasteiger partial charge on any atom is -0.390 e. The molecule has 5 heteroatoms. The molecule has 4 rings (SSSR count). The molecule has 4 aliphatic carbocycles. The zero-order valence-corrected chi connectivity index (χ0v) is 8.30. The van der Waals surface area contributed by atoms with E-state index < -0.39 is 34.9 Å². The van der Waals surface area contributed by atoms with Crippen LogP contribution in [0.4, 0.5) is 0 Å². The summed E-state index contributed by atoms with van der Waals surface area (Å²) in [4.78, 5) is 0. The lowest BCUT2D eigenvalue weighted by atomic mass is 9.48. The van der Waals surface area contributed by atoms with Gasteiger partial charge in [-0.05, 0) is 6.42 Å². The number of hydrogen-bond acceptors (Lipinski definition) is 5. The highest BCUT2D eigenvalue weighted by Crippen LogP contribution is 2.59. The molecule has 4 aliphatic rings. The summed E-state index contributed by atoms with van der Waals surface area (Å²) in [7, 11) is 0. The molecule has 4 unspecified atom stereocenters. The van der Waals surface area contributed by atoms with Crippen LogP contribution in [0.2, 0.25) is 0 Å². The van der Waals surface area contributed by atoms with Crippen LogP contribution < -0.4 is 0 Å². The van der Waals surface area contributed by atoms with Gasteiger partial charge in [-0.3, -0.25) is 0 Å². The Bertz CT molecular complexity index is 295. The molecule has 0 aromatic heterocycles. The highest BCUT2D eigenvalue weighted by molar-refractivity contribution is 5.22. The summed E-state index contributed by atoms with van der Waals surface area (Å²) in [5.74, 6) is -0.624. The average molecular weight is 216 g/mol. The quantitative estimate of drug-likeness (QED) is 0.326. The van der Waals surface area contributed by atoms with Gasteiger partial charge in [0.15, 0.2) is 0 Å². The van der Waals surface area contributed by atoms with Gasteiger partial charge in [-0.1, -0.05) is 0 Å². The van der Waals surface area contributed by atoms with Crippen LogP contribution in [-0.4, -0.2) is 54.5 Å². The third-order valence-corrected chi connectivity index (χ3v) is 4.41. The van der Waals surface area contributed by atoms with Crippen molar-refractivity contribution in [2.45, 2.75) is 54.7 Å². The van der Waals surface area contributed by atoms with E-state index >= 15 is 0 Å². The number of aliphatic hydroxyl groups is 5. The predicted octanol–water partition coefficient (Wildman–Crippen LogP) is -1.88. The van der Waals surface area contributed by atoms with Gasteiger partial charge < -0.3 is 25.5 Å². The van der Waals surface area contributed by atoms with Crippen LogP contribution >= 0.6 is 0 Å². The Morgan fingerprint density at radius 1 is 0.800 bits per heavy atom. The molecule has 0 radical (unpaired) electrons. The molecule has 4 fully saturated rings. The van der Waals surface area contributed by atoms with Crippen molar-refractivity contribution in [1.82, 2.24) is 0 Å². The fourth-order valence-corrected chi connectivity index (χ4v) is 4.05. The van der Waals surface area contributed by atoms with E-state index in [0.717, 1.165) is 0 Å². The first-order valence-corrected chi connectivity index (χ1v) is 5.31. The molecule has 0 amide bonds. The SMILES string of the molecule is OC1C2CC3(O)CC1(O)CC(O)(C3)C2O. The monoisotopic (exact) mass is 216 g/mol. The molecule has 0 heterocycles. The molecule has 86 valence electrons. The highest BCUT2D eigenvalue weighted by Gasteiger charge is 2.70. The molecule has 0 spiro atoms. The first-order valence-electron chi connectivity index (χ1n) is 5.31. The van der Waals surface area contributed by atoms with Gasteiger partial charge in [0.2, 0.25) is 0 Å². The number of rotatable bonds is 0. The molecule has 0 aromatic carbocycles. The minimum absolute atomic E-state index is 0.0544. The van der Waals surface area contributed by atoms with Gasteiger partial charge >= 0.3 is 0 Å². The van der Waals surface area contributed by atoms with Gasteiger partial charge in [0.05, 0.1) is 29.0 Å². The average Bonchev–Trinajstić information content (AvgIpc) is 2.06. The van der Waals surface area contributed by atoms with Crippen LogP contribution in [0.5, 0.6) is 0 Å². The second kappa shape index (κ2) is 2.38. The van der Waals surface area contributed by atoms with Gasteiger partial charge in [0.25, 0.3) is 0 Å². The molecule has 4 saturated carbocycles. The van der Waals surface area contributed by atoms with Gasteiger partial charge in [-0.2, -0.15) is 0 Å². The van der Waals surface area contributed by atoms with E-state index in [1.807, 2.05) is 0 Å². The standard InChI is InChI=1S/C10H16O5/c11-6-5-1-8(13)2-9(6,14)4-10(15,3-8)7(5)12/h5-7,11-15H,1-4H2. The first-order chi connectivity index (χ1) is 6.78. The van der Waals surface area contributed by atoms with Crippen LogP contribution in [0, 0.1) is 5.92 Å². The molecule has 0 aromatic rings. The number of hydrogen-bond donors (Lipinski definition) is 5. The van der Waals surface area contributed by atoms with Gasteiger partial charge in [-0.15, -0.1) is 0 Å². The molecule has 5 N–H and O–H groups in total. The van der Waals surface area contributed by atoms with Crippen molar-refractivity contribution in [3.05, 3.63) is 0 Å². The third-order valence-electron chi connectivity index (χ3n) is 4.41. The zero-order chi connectivity index (χ0) is 11.1. The lowest BCUT2D eigenvalue weighted by Gasteiger charge is -2.65. The second-order valence-corrected chi connectivity index (χ2v) is 5.72. The van der Waals surface area contributed by atoms with Crippen LogP contribution in [0.25, 0.3) is 0 Å². The van der Waals surface area contributed by atoms with Gasteiger partial charge in [0, 0.05) is 25.2 Å². The summed E-state index contributed by atoms with van der Waals surface area (Å²) in [6.45, 7) is 0. The van der Waals surface area contributed by atoms with E-state index in [4.69, 9.17) is 0 Å². The highest BCUT2D eigenvalue weighted by atomic mass is 16.4. The maximum absolute atomic E-state index is 10.1. The van der Waals surface area contributed by atoms with Crippen LogP contribution in [0.3, 0.4) is 0 Å². The van der Waals surface area contributed by atoms with Crippen molar-refractivity contribution in [3.8, 4) is 0 Å². The van der Waals surface area contributed by atoms with Gasteiger partial charge in [-0.25, -0.2) is 0 Å². The van der Waals surface area contributed by atoms with Crippen LogP contribution in [0.15, 0.2) is 0 Å². The largest absolute Gasteiger partial charge is 0.390 e. The molecule has 5 nitrogen and oxygen atoms in total. The van der Waals surface area contributed by atoms with Crippen molar-refractivity contribution < 1.29 is 25.5 Å². The topological polar surface area (TPSA) is 101 Å². The molecule has 0 saturated heterocycles. The van der Waals surface area contributed by atoms with E-state index in [9.17, 15) is 25.5 Å². The lowest BCUT2D eigenvalue weighted by molar-refractivity contribution is -0.328. The van der Waals surface area contributed by atoms with E-state index in [0.29, 0.717) is 0 Å².